The summed E-state index contributed by atoms with van der Waals surface area (Å²) >= 11 is 0. The van der Waals surface area contributed by atoms with Crippen molar-refractivity contribution in [1.82, 2.24) is 4.90 Å². The number of nitriles is 1. The lowest BCUT2D eigenvalue weighted by Crippen LogP contribution is -2.44. The molecule has 1 heterocycles. The lowest BCUT2D eigenvalue weighted by molar-refractivity contribution is -0.121. The molecule has 0 radical (unpaired) electrons. The van der Waals surface area contributed by atoms with E-state index in [-0.39, 0.29) is 18.4 Å². The molecule has 27 heavy (non-hydrogen) atoms. The number of carbonyl (C=O) groups excluding carboxylic acids is 2. The van der Waals surface area contributed by atoms with Gasteiger partial charge < -0.3 is 15.0 Å². The number of carbonyl (C=O) groups is 2. The molecule has 0 aliphatic carbocycles. The van der Waals surface area contributed by atoms with Crippen LogP contribution >= 0.6 is 0 Å². The van der Waals surface area contributed by atoms with Crippen LogP contribution in [0.25, 0.3) is 0 Å². The van der Waals surface area contributed by atoms with Crippen molar-refractivity contribution < 1.29 is 14.3 Å². The fraction of sp³-hybridized carbons (Fsp3) is 0.286. The molecule has 1 N–H and O–H groups in total. The molecule has 2 amide bonds. The highest BCUT2D eigenvalue weighted by molar-refractivity contribution is 5.93. The fourth-order valence-electron chi connectivity index (χ4n) is 3.08. The van der Waals surface area contributed by atoms with Crippen molar-refractivity contribution in [2.75, 3.05) is 18.4 Å². The Morgan fingerprint density at radius 2 is 2.00 bits per heavy atom. The van der Waals surface area contributed by atoms with Gasteiger partial charge in [-0.2, -0.15) is 5.26 Å². The van der Waals surface area contributed by atoms with Crippen LogP contribution in [0.2, 0.25) is 0 Å². The number of nitrogens with zero attached hydrogens (tertiary/aromatic N) is 2. The Morgan fingerprint density at radius 3 is 2.78 bits per heavy atom. The highest BCUT2D eigenvalue weighted by atomic mass is 16.6. The Kier molecular flexibility index (Phi) is 6.06. The fourth-order valence-corrected chi connectivity index (χ4v) is 3.08. The van der Waals surface area contributed by atoms with Gasteiger partial charge in [0.15, 0.2) is 0 Å². The summed E-state index contributed by atoms with van der Waals surface area (Å²) in [7, 11) is 0. The van der Waals surface area contributed by atoms with Crippen molar-refractivity contribution in [3.05, 3.63) is 65.7 Å². The van der Waals surface area contributed by atoms with Crippen LogP contribution in [-0.2, 0) is 16.1 Å². The van der Waals surface area contributed by atoms with E-state index in [1.54, 1.807) is 29.2 Å². The zero-order chi connectivity index (χ0) is 19.1. The highest BCUT2D eigenvalue weighted by Crippen LogP contribution is 2.20. The van der Waals surface area contributed by atoms with Gasteiger partial charge in [0.05, 0.1) is 17.6 Å². The molecule has 1 unspecified atom stereocenters. The number of hydrogen-bond acceptors (Lipinski definition) is 4. The van der Waals surface area contributed by atoms with Gasteiger partial charge >= 0.3 is 6.09 Å². The van der Waals surface area contributed by atoms with Crippen molar-refractivity contribution >= 4 is 17.7 Å². The van der Waals surface area contributed by atoms with E-state index in [2.05, 4.69) is 5.32 Å². The molecule has 0 saturated carbocycles. The number of hydrogen-bond donors (Lipinski definition) is 1. The second-order valence-corrected chi connectivity index (χ2v) is 6.51. The van der Waals surface area contributed by atoms with Gasteiger partial charge in [-0.1, -0.05) is 36.4 Å². The predicted molar refractivity (Wildman–Crippen MR) is 101 cm³/mol. The summed E-state index contributed by atoms with van der Waals surface area (Å²) in [5, 5.41) is 11.8. The van der Waals surface area contributed by atoms with Crippen LogP contribution in [0.1, 0.15) is 24.0 Å². The first-order chi connectivity index (χ1) is 13.2. The molecule has 1 aliphatic rings. The summed E-state index contributed by atoms with van der Waals surface area (Å²) in [5.41, 5.74) is 2.00. The molecular formula is C21H21N3O3. The molecule has 138 valence electrons. The normalized spacial score (nSPS) is 16.3. The molecule has 1 atom stereocenters. The number of benzene rings is 2. The van der Waals surface area contributed by atoms with E-state index < -0.39 is 6.09 Å². The molecule has 2 aromatic rings. The Balaban J connectivity index is 1.54. The predicted octanol–water partition coefficient (Wildman–Crippen LogP) is 3.55. The monoisotopic (exact) mass is 363 g/mol. The summed E-state index contributed by atoms with van der Waals surface area (Å²) in [5.74, 6) is -0.445. The molecule has 1 saturated heterocycles. The van der Waals surface area contributed by atoms with E-state index in [1.165, 1.54) is 0 Å². The van der Waals surface area contributed by atoms with Crippen molar-refractivity contribution in [2.24, 2.45) is 5.92 Å². The summed E-state index contributed by atoms with van der Waals surface area (Å²) in [4.78, 5) is 26.4. The summed E-state index contributed by atoms with van der Waals surface area (Å²) in [6.07, 6.45) is 1.06. The zero-order valence-corrected chi connectivity index (χ0v) is 14.9. The highest BCUT2D eigenvalue weighted by Gasteiger charge is 2.29. The Morgan fingerprint density at radius 1 is 1.19 bits per heavy atom. The lowest BCUT2D eigenvalue weighted by Gasteiger charge is -2.31. The lowest BCUT2D eigenvalue weighted by atomic mass is 9.97. The topological polar surface area (TPSA) is 82.4 Å². The number of amides is 2. The van der Waals surface area contributed by atoms with Gasteiger partial charge in [-0.05, 0) is 36.6 Å². The first-order valence-electron chi connectivity index (χ1n) is 8.92. The third kappa shape index (κ3) is 5.08. The van der Waals surface area contributed by atoms with Crippen LogP contribution in [0, 0.1) is 17.2 Å². The number of ether oxygens (including phenoxy) is 1. The molecule has 2 aromatic carbocycles. The van der Waals surface area contributed by atoms with E-state index in [4.69, 9.17) is 10.00 Å². The number of piperidine rings is 1. The third-order valence-corrected chi connectivity index (χ3v) is 4.51. The second-order valence-electron chi connectivity index (χ2n) is 6.51. The minimum atomic E-state index is -0.400. The SMILES string of the molecule is N#Cc1cccc(NC(=O)C2CCCN(C(=O)OCc3ccccc3)C2)c1. The molecule has 1 fully saturated rings. The maximum absolute atomic E-state index is 12.5. The van der Waals surface area contributed by atoms with Gasteiger partial charge in [-0.25, -0.2) is 4.79 Å². The number of anilines is 1. The minimum absolute atomic E-state index is 0.148. The third-order valence-electron chi connectivity index (χ3n) is 4.51. The Hall–Kier alpha value is -3.33. The maximum Gasteiger partial charge on any atom is 0.410 e. The first-order valence-corrected chi connectivity index (χ1v) is 8.92. The zero-order valence-electron chi connectivity index (χ0n) is 14.9. The Bertz CT molecular complexity index is 845. The molecule has 3 rings (SSSR count). The second kappa shape index (κ2) is 8.86. The number of nitrogens with one attached hydrogen (secondary N) is 1. The average Bonchev–Trinajstić information content (AvgIpc) is 2.73. The van der Waals surface area contributed by atoms with Crippen molar-refractivity contribution in [1.29, 1.82) is 5.26 Å². The van der Waals surface area contributed by atoms with Crippen LogP contribution in [0.15, 0.2) is 54.6 Å². The smallest absolute Gasteiger partial charge is 0.410 e. The van der Waals surface area contributed by atoms with E-state index in [0.717, 1.165) is 12.0 Å². The summed E-state index contributed by atoms with van der Waals surface area (Å²) in [6.45, 7) is 1.13. The molecule has 0 bridgehead atoms. The molecule has 1 aliphatic heterocycles. The van der Waals surface area contributed by atoms with Crippen LogP contribution in [0.4, 0.5) is 10.5 Å². The summed E-state index contributed by atoms with van der Waals surface area (Å²) < 4.78 is 5.36. The largest absolute Gasteiger partial charge is 0.445 e. The van der Waals surface area contributed by atoms with Crippen molar-refractivity contribution in [2.45, 2.75) is 19.4 Å². The van der Waals surface area contributed by atoms with Crippen LogP contribution < -0.4 is 5.32 Å². The Labute approximate surface area is 158 Å². The van der Waals surface area contributed by atoms with E-state index in [9.17, 15) is 9.59 Å². The van der Waals surface area contributed by atoms with E-state index >= 15 is 0 Å². The molecule has 6 nitrogen and oxygen atoms in total. The quantitative estimate of drug-likeness (QED) is 0.901. The van der Waals surface area contributed by atoms with Crippen LogP contribution in [0.5, 0.6) is 0 Å². The van der Waals surface area contributed by atoms with Crippen molar-refractivity contribution in [3.8, 4) is 6.07 Å². The van der Waals surface area contributed by atoms with Gasteiger partial charge in [-0.3, -0.25) is 4.79 Å². The van der Waals surface area contributed by atoms with E-state index in [0.29, 0.717) is 30.8 Å². The van der Waals surface area contributed by atoms with Gasteiger partial charge in [0.25, 0.3) is 0 Å². The molecule has 0 spiro atoms. The number of likely N-dealkylation sites (tertiary alicyclic amines) is 1. The molecule has 6 heteroatoms. The van der Waals surface area contributed by atoms with Gasteiger partial charge in [0, 0.05) is 18.8 Å². The van der Waals surface area contributed by atoms with Crippen LogP contribution in [0.3, 0.4) is 0 Å². The van der Waals surface area contributed by atoms with E-state index in [1.807, 2.05) is 36.4 Å². The van der Waals surface area contributed by atoms with Crippen molar-refractivity contribution in [3.63, 3.8) is 0 Å². The molecular weight excluding hydrogens is 342 g/mol. The minimum Gasteiger partial charge on any atom is -0.445 e. The average molecular weight is 363 g/mol. The maximum atomic E-state index is 12.5. The van der Waals surface area contributed by atoms with Gasteiger partial charge in [0.1, 0.15) is 6.61 Å². The summed E-state index contributed by atoms with van der Waals surface area (Å²) in [6, 6.07) is 18.3. The van der Waals surface area contributed by atoms with Gasteiger partial charge in [0.2, 0.25) is 5.91 Å². The van der Waals surface area contributed by atoms with Crippen LogP contribution in [-0.4, -0.2) is 30.0 Å². The number of rotatable bonds is 4. The molecule has 0 aromatic heterocycles. The van der Waals surface area contributed by atoms with Gasteiger partial charge in [-0.15, -0.1) is 0 Å². The first kappa shape index (κ1) is 18.5. The standard InChI is InChI=1S/C21H21N3O3/c22-13-17-8-4-10-19(12-17)23-20(25)18-9-5-11-24(14-18)21(26)27-15-16-6-2-1-3-7-16/h1-4,6-8,10,12,18H,5,9,11,14-15H2,(H,23,25).